The third kappa shape index (κ3) is 1.50. The molecule has 0 spiro atoms. The molecule has 0 amide bonds. The predicted molar refractivity (Wildman–Crippen MR) is 47.5 cm³/mol. The molecule has 1 rings (SSSR count). The molecule has 0 aliphatic carbocycles. The summed E-state index contributed by atoms with van der Waals surface area (Å²) in [5.74, 6) is 0.0411. The monoisotopic (exact) mass is 186 g/mol. The van der Waals surface area contributed by atoms with E-state index in [2.05, 4.69) is 5.10 Å². The Morgan fingerprint density at radius 3 is 2.83 bits per heavy atom. The zero-order valence-electron chi connectivity index (χ0n) is 7.17. The standard InChI is InChI=1S/C8H11ClN2O/c1-3-7(12)8-6(9)5-10-11(8)4-2/h5H,3-4H2,1-2H3. The second-order valence-electron chi connectivity index (χ2n) is 2.43. The molecular formula is C8H11ClN2O. The third-order valence-corrected chi connectivity index (χ3v) is 1.96. The van der Waals surface area contributed by atoms with E-state index in [1.165, 1.54) is 6.20 Å². The molecule has 0 N–H and O–H groups in total. The fraction of sp³-hybridized carbons (Fsp3) is 0.500. The van der Waals surface area contributed by atoms with Gasteiger partial charge < -0.3 is 0 Å². The van der Waals surface area contributed by atoms with Crippen LogP contribution in [0.15, 0.2) is 6.20 Å². The molecular weight excluding hydrogens is 176 g/mol. The Bertz CT molecular complexity index is 293. The Hall–Kier alpha value is -0.830. The molecule has 1 heterocycles. The summed E-state index contributed by atoms with van der Waals surface area (Å²) in [6, 6.07) is 0. The summed E-state index contributed by atoms with van der Waals surface area (Å²) in [5, 5.41) is 4.42. The van der Waals surface area contributed by atoms with E-state index in [1.54, 1.807) is 4.68 Å². The van der Waals surface area contributed by atoms with Crippen molar-refractivity contribution in [1.82, 2.24) is 9.78 Å². The summed E-state index contributed by atoms with van der Waals surface area (Å²) >= 11 is 5.79. The van der Waals surface area contributed by atoms with Gasteiger partial charge in [-0.2, -0.15) is 5.10 Å². The topological polar surface area (TPSA) is 34.9 Å². The van der Waals surface area contributed by atoms with Crippen molar-refractivity contribution in [2.24, 2.45) is 0 Å². The molecule has 0 aliphatic heterocycles. The number of carbonyl (C=O) groups excluding carboxylic acids is 1. The van der Waals surface area contributed by atoms with Gasteiger partial charge in [-0.15, -0.1) is 0 Å². The number of nitrogens with zero attached hydrogens (tertiary/aromatic N) is 2. The Kier molecular flexibility index (Phi) is 2.87. The third-order valence-electron chi connectivity index (χ3n) is 1.68. The van der Waals surface area contributed by atoms with E-state index in [0.29, 0.717) is 23.7 Å². The van der Waals surface area contributed by atoms with Crippen LogP contribution in [0.2, 0.25) is 5.02 Å². The van der Waals surface area contributed by atoms with Gasteiger partial charge in [0.1, 0.15) is 5.69 Å². The van der Waals surface area contributed by atoms with Crippen LogP contribution >= 0.6 is 11.6 Å². The molecule has 0 unspecified atom stereocenters. The molecule has 3 nitrogen and oxygen atoms in total. The largest absolute Gasteiger partial charge is 0.292 e. The number of Topliss-reactive ketones (excluding diaryl/α,β-unsaturated/α-hetero) is 1. The zero-order valence-corrected chi connectivity index (χ0v) is 7.93. The van der Waals surface area contributed by atoms with Crippen LogP contribution < -0.4 is 0 Å². The van der Waals surface area contributed by atoms with Crippen LogP contribution in [0, 0.1) is 0 Å². The maximum Gasteiger partial charge on any atom is 0.182 e. The predicted octanol–water partition coefficient (Wildman–Crippen LogP) is 2.15. The van der Waals surface area contributed by atoms with E-state index in [-0.39, 0.29) is 5.78 Å². The molecule has 0 saturated carbocycles. The number of halogens is 1. The highest BCUT2D eigenvalue weighted by molar-refractivity contribution is 6.33. The maximum absolute atomic E-state index is 11.3. The van der Waals surface area contributed by atoms with E-state index in [1.807, 2.05) is 13.8 Å². The summed E-state index contributed by atoms with van der Waals surface area (Å²) in [6.45, 7) is 4.41. The molecule has 12 heavy (non-hydrogen) atoms. The van der Waals surface area contributed by atoms with Gasteiger partial charge in [0.25, 0.3) is 0 Å². The van der Waals surface area contributed by atoms with Crippen LogP contribution in [0.1, 0.15) is 30.8 Å². The molecule has 0 atom stereocenters. The van der Waals surface area contributed by atoms with Crippen LogP contribution in [0.5, 0.6) is 0 Å². The Labute approximate surface area is 76.3 Å². The van der Waals surface area contributed by atoms with Gasteiger partial charge in [0, 0.05) is 13.0 Å². The van der Waals surface area contributed by atoms with Crippen LogP contribution in [0.4, 0.5) is 0 Å². The van der Waals surface area contributed by atoms with E-state index >= 15 is 0 Å². The van der Waals surface area contributed by atoms with Crippen molar-refractivity contribution in [3.63, 3.8) is 0 Å². The van der Waals surface area contributed by atoms with Crippen LogP contribution in [0.3, 0.4) is 0 Å². The van der Waals surface area contributed by atoms with Gasteiger partial charge in [0.05, 0.1) is 11.2 Å². The molecule has 4 heteroatoms. The first-order valence-electron chi connectivity index (χ1n) is 3.95. The van der Waals surface area contributed by atoms with E-state index < -0.39 is 0 Å². The van der Waals surface area contributed by atoms with Gasteiger partial charge in [-0.25, -0.2) is 0 Å². The van der Waals surface area contributed by atoms with Crippen LogP contribution in [-0.2, 0) is 6.54 Å². The molecule has 0 bridgehead atoms. The molecule has 1 aromatic heterocycles. The summed E-state index contributed by atoms with van der Waals surface area (Å²) in [5.41, 5.74) is 0.529. The lowest BCUT2D eigenvalue weighted by molar-refractivity contribution is 0.0978. The SMILES string of the molecule is CCC(=O)c1c(Cl)cnn1CC. The van der Waals surface area contributed by atoms with Gasteiger partial charge in [0.15, 0.2) is 5.78 Å². The van der Waals surface area contributed by atoms with Crippen molar-refractivity contribution in [3.05, 3.63) is 16.9 Å². The van der Waals surface area contributed by atoms with Crippen LogP contribution in [0.25, 0.3) is 0 Å². The summed E-state index contributed by atoms with van der Waals surface area (Å²) in [7, 11) is 0. The number of hydrogen-bond acceptors (Lipinski definition) is 2. The molecule has 0 fully saturated rings. The second kappa shape index (κ2) is 3.72. The van der Waals surface area contributed by atoms with Crippen molar-refractivity contribution < 1.29 is 4.79 Å². The highest BCUT2D eigenvalue weighted by Crippen LogP contribution is 2.16. The van der Waals surface area contributed by atoms with E-state index in [4.69, 9.17) is 11.6 Å². The van der Waals surface area contributed by atoms with Crippen molar-refractivity contribution in [1.29, 1.82) is 0 Å². The molecule has 0 aromatic carbocycles. The Morgan fingerprint density at radius 1 is 1.67 bits per heavy atom. The molecule has 1 aromatic rings. The molecule has 66 valence electrons. The Morgan fingerprint density at radius 2 is 2.33 bits per heavy atom. The van der Waals surface area contributed by atoms with Gasteiger partial charge in [-0.05, 0) is 6.92 Å². The minimum atomic E-state index is 0.0411. The fourth-order valence-corrected chi connectivity index (χ4v) is 1.29. The normalized spacial score (nSPS) is 10.2. The smallest absolute Gasteiger partial charge is 0.182 e. The fourth-order valence-electron chi connectivity index (χ4n) is 1.05. The second-order valence-corrected chi connectivity index (χ2v) is 2.84. The number of hydrogen-bond donors (Lipinski definition) is 0. The molecule has 0 saturated heterocycles. The van der Waals surface area contributed by atoms with Gasteiger partial charge in [-0.1, -0.05) is 18.5 Å². The minimum Gasteiger partial charge on any atom is -0.292 e. The van der Waals surface area contributed by atoms with E-state index in [0.717, 1.165) is 0 Å². The highest BCUT2D eigenvalue weighted by atomic mass is 35.5. The lowest BCUT2D eigenvalue weighted by Gasteiger charge is -2.01. The minimum absolute atomic E-state index is 0.0411. The van der Waals surface area contributed by atoms with Crippen molar-refractivity contribution in [3.8, 4) is 0 Å². The summed E-state index contributed by atoms with van der Waals surface area (Å²) in [4.78, 5) is 11.3. The lowest BCUT2D eigenvalue weighted by Crippen LogP contribution is -2.08. The molecule has 0 radical (unpaired) electrons. The maximum atomic E-state index is 11.3. The van der Waals surface area contributed by atoms with Crippen molar-refractivity contribution in [2.45, 2.75) is 26.8 Å². The lowest BCUT2D eigenvalue weighted by atomic mass is 10.2. The van der Waals surface area contributed by atoms with Crippen molar-refractivity contribution in [2.75, 3.05) is 0 Å². The average molecular weight is 187 g/mol. The number of ketones is 1. The van der Waals surface area contributed by atoms with Gasteiger partial charge >= 0.3 is 0 Å². The quantitative estimate of drug-likeness (QED) is 0.678. The highest BCUT2D eigenvalue weighted by Gasteiger charge is 2.13. The number of carbonyl (C=O) groups is 1. The number of aromatic nitrogens is 2. The van der Waals surface area contributed by atoms with Gasteiger partial charge in [-0.3, -0.25) is 9.48 Å². The first-order valence-corrected chi connectivity index (χ1v) is 4.33. The summed E-state index contributed by atoms with van der Waals surface area (Å²) < 4.78 is 1.62. The van der Waals surface area contributed by atoms with E-state index in [9.17, 15) is 4.79 Å². The Balaban J connectivity index is 3.10. The summed E-state index contributed by atoms with van der Waals surface area (Å²) in [6.07, 6.45) is 1.97. The molecule has 0 aliphatic rings. The van der Waals surface area contributed by atoms with Crippen molar-refractivity contribution >= 4 is 17.4 Å². The number of rotatable bonds is 3. The van der Waals surface area contributed by atoms with Crippen LogP contribution in [-0.4, -0.2) is 15.6 Å². The first kappa shape index (κ1) is 9.26. The number of aryl methyl sites for hydroxylation is 1. The average Bonchev–Trinajstić information content (AvgIpc) is 2.45. The van der Waals surface area contributed by atoms with Gasteiger partial charge in [0.2, 0.25) is 0 Å². The zero-order chi connectivity index (χ0) is 9.14. The first-order chi connectivity index (χ1) is 5.70.